The average Bonchev–Trinajstić information content (AvgIpc) is 4.19. The largest absolute Gasteiger partial charge is 0.455 e. The van der Waals surface area contributed by atoms with Gasteiger partial charge in [0.15, 0.2) is 0 Å². The second-order valence-electron chi connectivity index (χ2n) is 18.6. The summed E-state index contributed by atoms with van der Waals surface area (Å²) < 4.78 is 9.25. The molecule has 0 atom stereocenters. The highest BCUT2D eigenvalue weighted by Gasteiger charge is 2.52. The topological polar surface area (TPSA) is 16.4 Å². The maximum Gasteiger partial charge on any atom is 0.143 e. The lowest BCUT2D eigenvalue weighted by Gasteiger charge is -2.32. The number of benzene rings is 11. The molecule has 2 aliphatic carbocycles. The lowest BCUT2D eigenvalue weighted by molar-refractivity contribution is 0.670. The number of furan rings is 1. The third-order valence-electron chi connectivity index (χ3n) is 15.1. The van der Waals surface area contributed by atoms with Crippen LogP contribution < -0.4 is 4.90 Å². The number of para-hydroxylation sites is 2. The summed E-state index contributed by atoms with van der Waals surface area (Å²) in [6.45, 7) is 0. The molecular formula is C67H41NOS. The summed E-state index contributed by atoms with van der Waals surface area (Å²) in [6, 6.07) is 91.7. The molecule has 1 spiro atoms. The van der Waals surface area contributed by atoms with Crippen molar-refractivity contribution in [3.8, 4) is 55.6 Å². The molecule has 2 nitrogen and oxygen atoms in total. The van der Waals surface area contributed by atoms with E-state index >= 15 is 0 Å². The zero-order chi connectivity index (χ0) is 45.9. The zero-order valence-corrected chi connectivity index (χ0v) is 38.8. The molecule has 70 heavy (non-hydrogen) atoms. The second-order valence-corrected chi connectivity index (χ2v) is 19.7. The summed E-state index contributed by atoms with van der Waals surface area (Å²) in [5.41, 5.74) is 22.1. The summed E-state index contributed by atoms with van der Waals surface area (Å²) in [5.74, 6) is 0. The molecule has 2 heterocycles. The van der Waals surface area contributed by atoms with Gasteiger partial charge in [-0.25, -0.2) is 0 Å². The fourth-order valence-electron chi connectivity index (χ4n) is 12.2. The van der Waals surface area contributed by atoms with E-state index in [9.17, 15) is 0 Å². The summed E-state index contributed by atoms with van der Waals surface area (Å²) in [6.07, 6.45) is 0. The fraction of sp³-hybridized carbons (Fsp3) is 0.0149. The van der Waals surface area contributed by atoms with Crippen LogP contribution in [0.3, 0.4) is 0 Å². The predicted molar refractivity (Wildman–Crippen MR) is 294 cm³/mol. The van der Waals surface area contributed by atoms with Crippen LogP contribution in [-0.4, -0.2) is 0 Å². The number of nitrogens with zero attached hydrogens (tertiary/aromatic N) is 1. The van der Waals surface area contributed by atoms with Gasteiger partial charge >= 0.3 is 0 Å². The van der Waals surface area contributed by atoms with E-state index in [1.807, 2.05) is 11.3 Å². The van der Waals surface area contributed by atoms with Crippen molar-refractivity contribution < 1.29 is 4.42 Å². The predicted octanol–water partition coefficient (Wildman–Crippen LogP) is 18.8. The molecular weight excluding hydrogens is 867 g/mol. The normalized spacial score (nSPS) is 13.0. The van der Waals surface area contributed by atoms with Crippen LogP contribution in [-0.2, 0) is 5.41 Å². The van der Waals surface area contributed by atoms with E-state index in [2.05, 4.69) is 254 Å². The molecule has 0 aliphatic heterocycles. The Morgan fingerprint density at radius 3 is 1.44 bits per heavy atom. The van der Waals surface area contributed by atoms with E-state index in [0.717, 1.165) is 44.6 Å². The molecule has 0 unspecified atom stereocenters. The van der Waals surface area contributed by atoms with Gasteiger partial charge in [0.2, 0.25) is 0 Å². The number of anilines is 3. The summed E-state index contributed by atoms with van der Waals surface area (Å²) in [5, 5.41) is 4.79. The minimum atomic E-state index is -0.548. The molecule has 0 amide bonds. The van der Waals surface area contributed by atoms with Crippen molar-refractivity contribution in [1.82, 2.24) is 0 Å². The molecule has 15 rings (SSSR count). The van der Waals surface area contributed by atoms with Crippen LogP contribution in [0.5, 0.6) is 0 Å². The van der Waals surface area contributed by atoms with Gasteiger partial charge in [0.1, 0.15) is 11.2 Å². The van der Waals surface area contributed by atoms with Crippen molar-refractivity contribution in [3.05, 3.63) is 271 Å². The second kappa shape index (κ2) is 15.1. The van der Waals surface area contributed by atoms with Gasteiger partial charge in [0.05, 0.1) is 15.8 Å². The third kappa shape index (κ3) is 5.49. The Labute approximate surface area is 409 Å². The van der Waals surface area contributed by atoms with E-state index in [1.165, 1.54) is 92.5 Å². The van der Waals surface area contributed by atoms with Crippen molar-refractivity contribution >= 4 is 70.5 Å². The van der Waals surface area contributed by atoms with Gasteiger partial charge in [-0.15, -0.1) is 11.3 Å². The Hall–Kier alpha value is -8.76. The lowest BCUT2D eigenvalue weighted by atomic mass is 9.70. The summed E-state index contributed by atoms with van der Waals surface area (Å²) in [4.78, 5) is 2.52. The van der Waals surface area contributed by atoms with Gasteiger partial charge in [-0.1, -0.05) is 212 Å². The lowest BCUT2D eigenvalue weighted by Crippen LogP contribution is -2.26. The Balaban J connectivity index is 1.08. The van der Waals surface area contributed by atoms with Crippen molar-refractivity contribution in [2.45, 2.75) is 5.41 Å². The number of hydrogen-bond acceptors (Lipinski definition) is 3. The molecule has 2 aromatic heterocycles. The quantitative estimate of drug-likeness (QED) is 0.165. The minimum absolute atomic E-state index is 0.548. The van der Waals surface area contributed by atoms with E-state index in [4.69, 9.17) is 4.42 Å². The average molecular weight is 908 g/mol. The Kier molecular flexibility index (Phi) is 8.48. The molecule has 0 bridgehead atoms. The molecule has 11 aromatic carbocycles. The Bertz CT molecular complexity index is 4090. The number of fused-ring (bicyclic) bond motifs is 17. The number of thiophene rings is 1. The van der Waals surface area contributed by atoms with Crippen LogP contribution in [0.4, 0.5) is 17.1 Å². The molecule has 0 fully saturated rings. The molecule has 0 saturated carbocycles. The van der Waals surface area contributed by atoms with Crippen molar-refractivity contribution in [1.29, 1.82) is 0 Å². The van der Waals surface area contributed by atoms with E-state index in [1.54, 1.807) is 0 Å². The van der Waals surface area contributed by atoms with Crippen LogP contribution in [0.1, 0.15) is 22.3 Å². The minimum Gasteiger partial charge on any atom is -0.455 e. The van der Waals surface area contributed by atoms with Crippen LogP contribution >= 0.6 is 11.3 Å². The summed E-state index contributed by atoms with van der Waals surface area (Å²) in [7, 11) is 0. The van der Waals surface area contributed by atoms with Crippen LogP contribution in [0.15, 0.2) is 253 Å². The molecule has 13 aromatic rings. The summed E-state index contributed by atoms with van der Waals surface area (Å²) >= 11 is 1.90. The first-order valence-electron chi connectivity index (χ1n) is 24.1. The Morgan fingerprint density at radius 2 is 0.814 bits per heavy atom. The molecule has 0 radical (unpaired) electrons. The van der Waals surface area contributed by atoms with Crippen molar-refractivity contribution in [3.63, 3.8) is 0 Å². The fourth-order valence-corrected chi connectivity index (χ4v) is 13.5. The molecule has 0 N–H and O–H groups in total. The Morgan fingerprint density at radius 1 is 0.343 bits per heavy atom. The monoisotopic (exact) mass is 907 g/mol. The van der Waals surface area contributed by atoms with Gasteiger partial charge in [-0.05, 0) is 103 Å². The maximum atomic E-state index is 6.77. The molecule has 0 saturated heterocycles. The maximum absolute atomic E-state index is 6.77. The molecule has 3 heteroatoms. The zero-order valence-electron chi connectivity index (χ0n) is 37.9. The molecule has 2 aliphatic rings. The number of hydrogen-bond donors (Lipinski definition) is 0. The standard InChI is InChI=1S/C67H41NOS/c1-3-17-42(18-4-1)44-33-37-46(38-34-44)68(47-39-35-45(36-40-47)43-19-5-2-6-20-43)60-41-59-62(54-24-9-13-31-58(54)67(59)56-29-11-7-21-48(56)49-22-8-12-30-57(49)67)63-55-28-16-27-53(65(55)70-66(60)63)52-26-15-25-51-50-23-10-14-32-61(50)69-64(51)52/h1-41H. The van der Waals surface area contributed by atoms with Crippen LogP contribution in [0.25, 0.3) is 97.7 Å². The highest BCUT2D eigenvalue weighted by Crippen LogP contribution is 2.66. The highest BCUT2D eigenvalue weighted by molar-refractivity contribution is 7.27. The first-order chi connectivity index (χ1) is 34.7. The van der Waals surface area contributed by atoms with E-state index in [0.29, 0.717) is 0 Å². The van der Waals surface area contributed by atoms with E-state index < -0.39 is 5.41 Å². The van der Waals surface area contributed by atoms with Crippen LogP contribution in [0, 0.1) is 0 Å². The first-order valence-corrected chi connectivity index (χ1v) is 24.9. The van der Waals surface area contributed by atoms with Gasteiger partial charge in [0, 0.05) is 48.7 Å². The first kappa shape index (κ1) is 39.3. The number of rotatable bonds is 6. The van der Waals surface area contributed by atoms with Crippen molar-refractivity contribution in [2.75, 3.05) is 4.90 Å². The smallest absolute Gasteiger partial charge is 0.143 e. The van der Waals surface area contributed by atoms with Crippen LogP contribution in [0.2, 0.25) is 0 Å². The van der Waals surface area contributed by atoms with E-state index in [-0.39, 0.29) is 0 Å². The van der Waals surface area contributed by atoms with Crippen molar-refractivity contribution in [2.24, 2.45) is 0 Å². The SMILES string of the molecule is c1ccc(-c2ccc(N(c3ccc(-c4ccccc4)cc3)c3cc4c(c5c3sc3c(-c6cccc7c6oc6ccccc67)cccc35)-c3ccccc3C43c4ccccc4-c4ccccc43)cc2)cc1. The van der Waals surface area contributed by atoms with Gasteiger partial charge in [-0.3, -0.25) is 0 Å². The molecule has 326 valence electrons. The van der Waals surface area contributed by atoms with Gasteiger partial charge < -0.3 is 9.32 Å². The van der Waals surface area contributed by atoms with Gasteiger partial charge in [0.25, 0.3) is 0 Å². The highest BCUT2D eigenvalue weighted by atomic mass is 32.1. The van der Waals surface area contributed by atoms with Gasteiger partial charge in [-0.2, -0.15) is 0 Å². The third-order valence-corrected chi connectivity index (χ3v) is 16.4.